The molecule has 1 atom stereocenters. The van der Waals surface area contributed by atoms with Crippen LogP contribution in [0.5, 0.6) is 0 Å². The minimum Gasteiger partial charge on any atom is -0.455 e. The lowest BCUT2D eigenvalue weighted by Gasteiger charge is -2.09. The first-order chi connectivity index (χ1) is 5.24. The summed E-state index contributed by atoms with van der Waals surface area (Å²) in [6.07, 6.45) is 3.27. The van der Waals surface area contributed by atoms with Crippen LogP contribution in [0.1, 0.15) is 19.8 Å². The fraction of sp³-hybridized carbons (Fsp3) is 0.625. The van der Waals surface area contributed by atoms with E-state index in [1.807, 2.05) is 6.92 Å². The van der Waals surface area contributed by atoms with Crippen molar-refractivity contribution in [1.82, 2.24) is 0 Å². The van der Waals surface area contributed by atoms with Crippen LogP contribution in [0.25, 0.3) is 0 Å². The summed E-state index contributed by atoms with van der Waals surface area (Å²) in [5, 5.41) is 0. The Morgan fingerprint density at radius 3 is 2.91 bits per heavy atom. The first-order valence-electron chi connectivity index (χ1n) is 3.69. The number of esters is 1. The van der Waals surface area contributed by atoms with Gasteiger partial charge >= 0.3 is 5.97 Å². The van der Waals surface area contributed by atoms with Crippen molar-refractivity contribution in [2.45, 2.75) is 25.9 Å². The highest BCUT2D eigenvalue weighted by atomic mass is 35.5. The van der Waals surface area contributed by atoms with E-state index in [-0.39, 0.29) is 12.1 Å². The molecular weight excluding hydrogens is 164 g/mol. The Hall–Kier alpha value is -0.500. The number of ether oxygens (including phenoxy) is 1. The molecule has 0 amide bonds. The molecule has 0 radical (unpaired) electrons. The molecule has 1 rings (SSSR count). The van der Waals surface area contributed by atoms with Crippen molar-refractivity contribution in [3.8, 4) is 0 Å². The molecule has 1 unspecified atom stereocenters. The zero-order chi connectivity index (χ0) is 8.27. The van der Waals surface area contributed by atoms with Crippen molar-refractivity contribution in [2.75, 3.05) is 5.88 Å². The monoisotopic (exact) mass is 174 g/mol. The van der Waals surface area contributed by atoms with Crippen molar-refractivity contribution < 1.29 is 9.53 Å². The largest absolute Gasteiger partial charge is 0.455 e. The zero-order valence-electron chi connectivity index (χ0n) is 6.47. The van der Waals surface area contributed by atoms with Gasteiger partial charge in [-0.2, -0.15) is 0 Å². The summed E-state index contributed by atoms with van der Waals surface area (Å²) in [4.78, 5) is 10.7. The van der Waals surface area contributed by atoms with E-state index in [0.717, 1.165) is 18.4 Å². The summed E-state index contributed by atoms with van der Waals surface area (Å²) in [6, 6.07) is 0. The highest BCUT2D eigenvalue weighted by Gasteiger charge is 2.21. The van der Waals surface area contributed by atoms with Gasteiger partial charge in [0, 0.05) is 12.0 Å². The maximum Gasteiger partial charge on any atom is 0.331 e. The Labute approximate surface area is 71.2 Å². The molecule has 3 heteroatoms. The average Bonchev–Trinajstić information content (AvgIpc) is 2.26. The van der Waals surface area contributed by atoms with Crippen LogP contribution in [0.4, 0.5) is 0 Å². The van der Waals surface area contributed by atoms with Crippen LogP contribution in [0.3, 0.4) is 0 Å². The third-order valence-electron chi connectivity index (χ3n) is 1.71. The van der Waals surface area contributed by atoms with E-state index in [1.165, 1.54) is 0 Å². The normalized spacial score (nSPS) is 23.3. The summed E-state index contributed by atoms with van der Waals surface area (Å²) in [6.45, 7) is 1.91. The minimum atomic E-state index is -0.220. The summed E-state index contributed by atoms with van der Waals surface area (Å²) >= 11 is 5.50. The van der Waals surface area contributed by atoms with Crippen LogP contribution in [0.15, 0.2) is 11.6 Å². The molecule has 1 aliphatic heterocycles. The smallest absolute Gasteiger partial charge is 0.331 e. The SMILES string of the molecule is CC1=CC(=O)OC1CCCCl. The molecule has 2 nitrogen and oxygen atoms in total. The van der Waals surface area contributed by atoms with E-state index in [2.05, 4.69) is 0 Å². The number of hydrogen-bond acceptors (Lipinski definition) is 2. The number of carbonyl (C=O) groups is 1. The molecule has 0 aromatic rings. The van der Waals surface area contributed by atoms with E-state index in [0.29, 0.717) is 5.88 Å². The Kier molecular flexibility index (Phi) is 2.94. The third-order valence-corrected chi connectivity index (χ3v) is 1.98. The molecule has 0 aromatic heterocycles. The topological polar surface area (TPSA) is 26.3 Å². The first-order valence-corrected chi connectivity index (χ1v) is 4.22. The van der Waals surface area contributed by atoms with E-state index >= 15 is 0 Å². The van der Waals surface area contributed by atoms with Crippen molar-refractivity contribution >= 4 is 17.6 Å². The quantitative estimate of drug-likeness (QED) is 0.483. The van der Waals surface area contributed by atoms with Crippen LogP contribution < -0.4 is 0 Å². The van der Waals surface area contributed by atoms with Crippen LogP contribution >= 0.6 is 11.6 Å². The van der Waals surface area contributed by atoms with Crippen molar-refractivity contribution in [1.29, 1.82) is 0 Å². The molecule has 0 fully saturated rings. The summed E-state index contributed by atoms with van der Waals surface area (Å²) in [5.74, 6) is 0.406. The second-order valence-electron chi connectivity index (χ2n) is 2.65. The predicted molar refractivity (Wildman–Crippen MR) is 43.6 cm³/mol. The Bertz CT molecular complexity index is 187. The number of rotatable bonds is 3. The van der Waals surface area contributed by atoms with Crippen LogP contribution in [-0.2, 0) is 9.53 Å². The van der Waals surface area contributed by atoms with Gasteiger partial charge in [-0.15, -0.1) is 11.6 Å². The molecule has 0 aliphatic carbocycles. The van der Waals surface area contributed by atoms with Gasteiger partial charge in [0.25, 0.3) is 0 Å². The summed E-state index contributed by atoms with van der Waals surface area (Å²) in [7, 11) is 0. The number of hydrogen-bond donors (Lipinski definition) is 0. The summed E-state index contributed by atoms with van der Waals surface area (Å²) < 4.78 is 4.99. The lowest BCUT2D eigenvalue weighted by Crippen LogP contribution is -2.10. The van der Waals surface area contributed by atoms with Crippen LogP contribution in [0, 0.1) is 0 Å². The van der Waals surface area contributed by atoms with Gasteiger partial charge in [0.2, 0.25) is 0 Å². The fourth-order valence-electron chi connectivity index (χ4n) is 1.10. The molecule has 0 N–H and O–H groups in total. The Morgan fingerprint density at radius 2 is 2.45 bits per heavy atom. The third kappa shape index (κ3) is 2.22. The van der Waals surface area contributed by atoms with E-state index in [9.17, 15) is 4.79 Å². The van der Waals surface area contributed by atoms with Gasteiger partial charge < -0.3 is 4.74 Å². The molecule has 0 saturated heterocycles. The fourth-order valence-corrected chi connectivity index (χ4v) is 1.25. The molecule has 0 aromatic carbocycles. The van der Waals surface area contributed by atoms with E-state index in [1.54, 1.807) is 6.08 Å². The number of cyclic esters (lactones) is 1. The maximum absolute atomic E-state index is 10.7. The number of carbonyl (C=O) groups excluding carboxylic acids is 1. The van der Waals surface area contributed by atoms with Gasteiger partial charge in [-0.3, -0.25) is 0 Å². The van der Waals surface area contributed by atoms with E-state index < -0.39 is 0 Å². The molecule has 11 heavy (non-hydrogen) atoms. The number of halogens is 1. The standard InChI is InChI=1S/C8H11ClO2/c1-6-5-8(10)11-7(6)3-2-4-9/h5,7H,2-4H2,1H3. The van der Waals surface area contributed by atoms with E-state index in [4.69, 9.17) is 16.3 Å². The van der Waals surface area contributed by atoms with Gasteiger partial charge in [-0.25, -0.2) is 4.79 Å². The van der Waals surface area contributed by atoms with Gasteiger partial charge in [-0.05, 0) is 25.3 Å². The Balaban J connectivity index is 2.38. The average molecular weight is 175 g/mol. The molecular formula is C8H11ClO2. The first kappa shape index (κ1) is 8.60. The predicted octanol–water partition coefficient (Wildman–Crippen LogP) is 1.88. The number of alkyl halides is 1. The molecule has 0 bridgehead atoms. The lowest BCUT2D eigenvalue weighted by atomic mass is 10.1. The van der Waals surface area contributed by atoms with Crippen molar-refractivity contribution in [2.24, 2.45) is 0 Å². The van der Waals surface area contributed by atoms with Gasteiger partial charge in [0.15, 0.2) is 0 Å². The maximum atomic E-state index is 10.7. The second-order valence-corrected chi connectivity index (χ2v) is 3.02. The van der Waals surface area contributed by atoms with Crippen LogP contribution in [0.2, 0.25) is 0 Å². The molecule has 1 aliphatic rings. The van der Waals surface area contributed by atoms with Crippen molar-refractivity contribution in [3.63, 3.8) is 0 Å². The van der Waals surface area contributed by atoms with Crippen molar-refractivity contribution in [3.05, 3.63) is 11.6 Å². The van der Waals surface area contributed by atoms with Gasteiger partial charge in [-0.1, -0.05) is 0 Å². The molecule has 62 valence electrons. The minimum absolute atomic E-state index is 0.0127. The molecule has 0 saturated carbocycles. The highest BCUT2D eigenvalue weighted by molar-refractivity contribution is 6.17. The summed E-state index contributed by atoms with van der Waals surface area (Å²) in [5.41, 5.74) is 1.01. The van der Waals surface area contributed by atoms with Crippen LogP contribution in [-0.4, -0.2) is 18.0 Å². The van der Waals surface area contributed by atoms with Gasteiger partial charge in [0.05, 0.1) is 0 Å². The lowest BCUT2D eigenvalue weighted by molar-refractivity contribution is -0.138. The molecule has 1 heterocycles. The highest BCUT2D eigenvalue weighted by Crippen LogP contribution is 2.19. The zero-order valence-corrected chi connectivity index (χ0v) is 7.23. The second kappa shape index (κ2) is 3.77. The van der Waals surface area contributed by atoms with Gasteiger partial charge in [0.1, 0.15) is 6.10 Å². The Morgan fingerprint density at radius 1 is 1.73 bits per heavy atom. The molecule has 0 spiro atoms.